The van der Waals surface area contributed by atoms with E-state index in [0.717, 1.165) is 25.7 Å². The molecule has 25 heavy (non-hydrogen) atoms. The predicted octanol–water partition coefficient (Wildman–Crippen LogP) is 5.06. The van der Waals surface area contributed by atoms with Gasteiger partial charge in [0, 0.05) is 0 Å². The number of hydrogen-bond donors (Lipinski definition) is 2. The number of nitrogens with one attached hydrogen (secondary N) is 1. The van der Waals surface area contributed by atoms with Crippen molar-refractivity contribution in [1.29, 1.82) is 0 Å². The molecule has 1 amide bonds. The molecular weight excluding hydrogens is 314 g/mol. The normalized spacial score (nSPS) is 21.3. The fourth-order valence-corrected chi connectivity index (χ4v) is 3.88. The van der Waals surface area contributed by atoms with Gasteiger partial charge in [0.2, 0.25) is 0 Å². The van der Waals surface area contributed by atoms with E-state index in [2.05, 4.69) is 25.7 Å². The molecule has 1 fully saturated rings. The van der Waals surface area contributed by atoms with Crippen LogP contribution < -0.4 is 5.32 Å². The molecular formula is C21H39NO3. The number of carbonyl (C=O) groups is 1. The summed E-state index contributed by atoms with van der Waals surface area (Å²) in [5.74, 6) is 0.823. The third-order valence-corrected chi connectivity index (χ3v) is 5.52. The van der Waals surface area contributed by atoms with Crippen LogP contribution in [0.2, 0.25) is 0 Å². The van der Waals surface area contributed by atoms with Gasteiger partial charge in [-0.1, -0.05) is 39.2 Å². The summed E-state index contributed by atoms with van der Waals surface area (Å²) in [4.78, 5) is 12.2. The minimum absolute atomic E-state index is 0.201. The molecule has 1 aliphatic rings. The first-order chi connectivity index (χ1) is 11.5. The lowest BCUT2D eigenvalue weighted by atomic mass is 9.68. The monoisotopic (exact) mass is 353 g/mol. The quantitative estimate of drug-likeness (QED) is 0.629. The van der Waals surface area contributed by atoms with E-state index < -0.39 is 17.3 Å². The van der Waals surface area contributed by atoms with Crippen LogP contribution in [0, 0.1) is 17.8 Å². The molecule has 4 nitrogen and oxygen atoms in total. The van der Waals surface area contributed by atoms with Gasteiger partial charge in [0.25, 0.3) is 0 Å². The maximum absolute atomic E-state index is 12.2. The fourth-order valence-electron chi connectivity index (χ4n) is 3.88. The van der Waals surface area contributed by atoms with Crippen molar-refractivity contribution in [2.24, 2.45) is 17.8 Å². The molecule has 1 saturated carbocycles. The van der Waals surface area contributed by atoms with Gasteiger partial charge in [0.1, 0.15) is 5.60 Å². The molecule has 3 atom stereocenters. The van der Waals surface area contributed by atoms with Gasteiger partial charge in [0.05, 0.1) is 11.6 Å². The number of aliphatic hydroxyl groups is 1. The van der Waals surface area contributed by atoms with Gasteiger partial charge >= 0.3 is 6.09 Å². The van der Waals surface area contributed by atoms with Gasteiger partial charge in [-0.25, -0.2) is 4.79 Å². The predicted molar refractivity (Wildman–Crippen MR) is 103 cm³/mol. The van der Waals surface area contributed by atoms with Crippen molar-refractivity contribution in [2.75, 3.05) is 0 Å². The zero-order valence-electron chi connectivity index (χ0n) is 17.1. The van der Waals surface area contributed by atoms with Crippen LogP contribution in [-0.2, 0) is 4.74 Å². The topological polar surface area (TPSA) is 58.6 Å². The summed E-state index contributed by atoms with van der Waals surface area (Å²) in [6.45, 7) is 15.7. The van der Waals surface area contributed by atoms with Crippen molar-refractivity contribution in [3.8, 4) is 0 Å². The van der Waals surface area contributed by atoms with Gasteiger partial charge in [0.15, 0.2) is 0 Å². The molecule has 2 N–H and O–H groups in total. The van der Waals surface area contributed by atoms with Gasteiger partial charge in [-0.05, 0) is 64.7 Å². The standard InChI is InChI=1S/C21H39NO3/c1-8-17(15(2)3)14-21(24,18-12-10-9-11-13-18)16(4)22-19(23)25-20(5,6)7/h8,15-18,24H,1,9-14H2,2-7H3,(H,22,23)/t16-,17-,21+/m0/s1. The number of allylic oxidation sites excluding steroid dienone is 1. The highest BCUT2D eigenvalue weighted by Crippen LogP contribution is 2.40. The summed E-state index contributed by atoms with van der Waals surface area (Å²) < 4.78 is 5.39. The second-order valence-electron chi connectivity index (χ2n) is 9.04. The Morgan fingerprint density at radius 2 is 1.80 bits per heavy atom. The molecule has 0 heterocycles. The number of ether oxygens (including phenoxy) is 1. The van der Waals surface area contributed by atoms with Gasteiger partial charge in [-0.15, -0.1) is 6.58 Å². The molecule has 146 valence electrons. The Balaban J connectivity index is 2.95. The van der Waals surface area contributed by atoms with E-state index in [-0.39, 0.29) is 17.9 Å². The smallest absolute Gasteiger partial charge is 0.407 e. The van der Waals surface area contributed by atoms with Crippen LogP contribution in [0.25, 0.3) is 0 Å². The Labute approximate surface area is 154 Å². The van der Waals surface area contributed by atoms with Crippen LogP contribution in [0.5, 0.6) is 0 Å². The van der Waals surface area contributed by atoms with E-state index in [4.69, 9.17) is 4.74 Å². The summed E-state index contributed by atoms with van der Waals surface area (Å²) in [6, 6.07) is -0.369. The van der Waals surface area contributed by atoms with Crippen molar-refractivity contribution >= 4 is 6.09 Å². The Morgan fingerprint density at radius 1 is 1.24 bits per heavy atom. The molecule has 0 radical (unpaired) electrons. The zero-order valence-corrected chi connectivity index (χ0v) is 17.1. The van der Waals surface area contributed by atoms with Crippen LogP contribution in [0.4, 0.5) is 4.79 Å². The number of carbonyl (C=O) groups excluding carboxylic acids is 1. The Bertz CT molecular complexity index is 435. The number of rotatable bonds is 7. The first-order valence-electron chi connectivity index (χ1n) is 9.84. The lowest BCUT2D eigenvalue weighted by Gasteiger charge is -2.45. The van der Waals surface area contributed by atoms with Gasteiger partial charge in [-0.3, -0.25) is 0 Å². The lowest BCUT2D eigenvalue weighted by Crippen LogP contribution is -2.57. The average Bonchev–Trinajstić information content (AvgIpc) is 2.50. The molecule has 0 bridgehead atoms. The average molecular weight is 354 g/mol. The highest BCUT2D eigenvalue weighted by molar-refractivity contribution is 5.68. The summed E-state index contributed by atoms with van der Waals surface area (Å²) in [6.07, 6.45) is 7.65. The Kier molecular flexibility index (Phi) is 7.98. The molecule has 0 aromatic rings. The van der Waals surface area contributed by atoms with E-state index in [1.54, 1.807) is 0 Å². The van der Waals surface area contributed by atoms with Crippen LogP contribution in [0.3, 0.4) is 0 Å². The van der Waals surface area contributed by atoms with E-state index in [1.165, 1.54) is 6.42 Å². The second-order valence-corrected chi connectivity index (χ2v) is 9.04. The highest BCUT2D eigenvalue weighted by Gasteiger charge is 2.44. The largest absolute Gasteiger partial charge is 0.444 e. The Hall–Kier alpha value is -1.03. The maximum Gasteiger partial charge on any atom is 0.407 e. The van der Waals surface area contributed by atoms with Crippen LogP contribution in [0.15, 0.2) is 12.7 Å². The third kappa shape index (κ3) is 6.65. The first-order valence-corrected chi connectivity index (χ1v) is 9.84. The first kappa shape index (κ1) is 22.0. The third-order valence-electron chi connectivity index (χ3n) is 5.52. The second kappa shape index (κ2) is 9.07. The molecule has 0 unspecified atom stereocenters. The summed E-state index contributed by atoms with van der Waals surface area (Å²) >= 11 is 0. The van der Waals surface area contributed by atoms with Crippen molar-refractivity contribution in [2.45, 2.75) is 97.3 Å². The van der Waals surface area contributed by atoms with Gasteiger partial charge in [-0.2, -0.15) is 0 Å². The number of amides is 1. The van der Waals surface area contributed by atoms with Crippen molar-refractivity contribution < 1.29 is 14.6 Å². The Morgan fingerprint density at radius 3 is 2.24 bits per heavy atom. The minimum atomic E-state index is -0.944. The van der Waals surface area contributed by atoms with Crippen LogP contribution in [-0.4, -0.2) is 28.4 Å². The molecule has 1 aliphatic carbocycles. The van der Waals surface area contributed by atoms with Crippen LogP contribution >= 0.6 is 0 Å². The summed E-state index contributed by atoms with van der Waals surface area (Å²) in [5, 5.41) is 14.6. The van der Waals surface area contributed by atoms with E-state index in [1.807, 2.05) is 33.8 Å². The SMILES string of the molecule is C=C[C@@H](C[C@](O)(C1CCCCC1)[C@H](C)NC(=O)OC(C)(C)C)C(C)C. The van der Waals surface area contributed by atoms with E-state index in [9.17, 15) is 9.90 Å². The summed E-state index contributed by atoms with van der Waals surface area (Å²) in [7, 11) is 0. The summed E-state index contributed by atoms with van der Waals surface area (Å²) in [5.41, 5.74) is -1.49. The highest BCUT2D eigenvalue weighted by atomic mass is 16.6. The van der Waals surface area contributed by atoms with Crippen molar-refractivity contribution in [3.63, 3.8) is 0 Å². The molecule has 1 rings (SSSR count). The molecule has 0 aromatic heterocycles. The van der Waals surface area contributed by atoms with Crippen LogP contribution in [0.1, 0.15) is 80.1 Å². The van der Waals surface area contributed by atoms with E-state index in [0.29, 0.717) is 12.3 Å². The number of hydrogen-bond acceptors (Lipinski definition) is 3. The molecule has 0 saturated heterocycles. The fraction of sp³-hybridized carbons (Fsp3) is 0.857. The van der Waals surface area contributed by atoms with Gasteiger partial charge < -0.3 is 15.2 Å². The molecule has 0 aromatic carbocycles. The molecule has 0 spiro atoms. The molecule has 4 heteroatoms. The van der Waals surface area contributed by atoms with E-state index >= 15 is 0 Å². The van der Waals surface area contributed by atoms with Crippen molar-refractivity contribution in [3.05, 3.63) is 12.7 Å². The molecule has 0 aliphatic heterocycles. The zero-order chi connectivity index (χ0) is 19.3. The van der Waals surface area contributed by atoms with Crippen molar-refractivity contribution in [1.82, 2.24) is 5.32 Å². The minimum Gasteiger partial charge on any atom is -0.444 e. The maximum atomic E-state index is 12.2. The lowest BCUT2D eigenvalue weighted by molar-refractivity contribution is -0.0765. The number of alkyl carbamates (subject to hydrolysis) is 1.